The minimum atomic E-state index is 0.408. The zero-order chi connectivity index (χ0) is 13.7. The molecule has 1 aromatic carbocycles. The average Bonchev–Trinajstić information content (AvgIpc) is 2.88. The lowest BCUT2D eigenvalue weighted by atomic mass is 10.2. The molecule has 1 N–H and O–H groups in total. The lowest BCUT2D eigenvalue weighted by Crippen LogP contribution is -2.22. The molecule has 0 atom stereocenters. The summed E-state index contributed by atoms with van der Waals surface area (Å²) in [6.45, 7) is 5.44. The molecule has 0 radical (unpaired) electrons. The van der Waals surface area contributed by atoms with Crippen LogP contribution in [0.4, 0.5) is 0 Å². The summed E-state index contributed by atoms with van der Waals surface area (Å²) in [6, 6.07) is 6.15. The molecule has 0 saturated heterocycles. The van der Waals surface area contributed by atoms with Crippen molar-refractivity contribution in [2.75, 3.05) is 0 Å². The van der Waals surface area contributed by atoms with Gasteiger partial charge in [0.2, 0.25) is 0 Å². The van der Waals surface area contributed by atoms with Gasteiger partial charge in [0.1, 0.15) is 12.4 Å². The SMILES string of the molecule is CC(C)NCc1c(Cl)cccc1OCc1cncs1. The van der Waals surface area contributed by atoms with E-state index in [1.54, 1.807) is 16.8 Å². The Morgan fingerprint density at radius 3 is 2.95 bits per heavy atom. The van der Waals surface area contributed by atoms with Crippen LogP contribution < -0.4 is 10.1 Å². The van der Waals surface area contributed by atoms with Crippen molar-refractivity contribution >= 4 is 22.9 Å². The van der Waals surface area contributed by atoms with Gasteiger partial charge in [-0.2, -0.15) is 0 Å². The van der Waals surface area contributed by atoms with Gasteiger partial charge in [-0.1, -0.05) is 31.5 Å². The molecule has 0 amide bonds. The van der Waals surface area contributed by atoms with Crippen molar-refractivity contribution in [2.45, 2.75) is 33.0 Å². The fourth-order valence-electron chi connectivity index (χ4n) is 1.61. The third-order valence-corrected chi connectivity index (χ3v) is 3.72. The van der Waals surface area contributed by atoms with E-state index in [0.717, 1.165) is 21.2 Å². The lowest BCUT2D eigenvalue weighted by molar-refractivity contribution is 0.305. The molecule has 0 saturated carbocycles. The number of hydrogen-bond acceptors (Lipinski definition) is 4. The average molecular weight is 297 g/mol. The minimum absolute atomic E-state index is 0.408. The Morgan fingerprint density at radius 2 is 2.26 bits per heavy atom. The standard InChI is InChI=1S/C14H17ClN2OS/c1-10(2)17-7-12-13(15)4-3-5-14(12)18-8-11-6-16-9-19-11/h3-6,9-10,17H,7-8H2,1-2H3. The van der Waals surface area contributed by atoms with Gasteiger partial charge in [-0.15, -0.1) is 11.3 Å². The van der Waals surface area contributed by atoms with Crippen LogP contribution in [0.1, 0.15) is 24.3 Å². The van der Waals surface area contributed by atoms with Gasteiger partial charge >= 0.3 is 0 Å². The summed E-state index contributed by atoms with van der Waals surface area (Å²) in [7, 11) is 0. The molecular weight excluding hydrogens is 280 g/mol. The summed E-state index contributed by atoms with van der Waals surface area (Å²) in [5, 5.41) is 4.09. The zero-order valence-corrected chi connectivity index (χ0v) is 12.6. The van der Waals surface area contributed by atoms with E-state index in [0.29, 0.717) is 19.2 Å². The van der Waals surface area contributed by atoms with Crippen molar-refractivity contribution in [1.29, 1.82) is 0 Å². The quantitative estimate of drug-likeness (QED) is 0.878. The number of thiazole rings is 1. The van der Waals surface area contributed by atoms with Crippen molar-refractivity contribution in [3.05, 3.63) is 45.4 Å². The number of rotatable bonds is 6. The molecule has 1 heterocycles. The van der Waals surface area contributed by atoms with Gasteiger partial charge in [0, 0.05) is 29.4 Å². The molecule has 102 valence electrons. The molecule has 0 aliphatic heterocycles. The van der Waals surface area contributed by atoms with Crippen LogP contribution in [0.2, 0.25) is 5.02 Å². The molecule has 1 aromatic heterocycles. The molecule has 0 bridgehead atoms. The number of ether oxygens (including phenoxy) is 1. The first-order valence-electron chi connectivity index (χ1n) is 6.17. The maximum absolute atomic E-state index is 6.24. The summed E-state index contributed by atoms with van der Waals surface area (Å²) in [4.78, 5) is 5.13. The highest BCUT2D eigenvalue weighted by molar-refractivity contribution is 7.09. The third kappa shape index (κ3) is 4.20. The van der Waals surface area contributed by atoms with Crippen LogP contribution in [0, 0.1) is 0 Å². The van der Waals surface area contributed by atoms with Crippen molar-refractivity contribution in [1.82, 2.24) is 10.3 Å². The van der Waals surface area contributed by atoms with Crippen LogP contribution in [0.15, 0.2) is 29.9 Å². The molecule has 5 heteroatoms. The second kappa shape index (κ2) is 6.89. The Labute approximate surface area is 122 Å². The first-order chi connectivity index (χ1) is 9.16. The van der Waals surface area contributed by atoms with Crippen molar-refractivity contribution in [3.8, 4) is 5.75 Å². The van der Waals surface area contributed by atoms with E-state index >= 15 is 0 Å². The third-order valence-electron chi connectivity index (χ3n) is 2.62. The molecule has 0 fully saturated rings. The summed E-state index contributed by atoms with van der Waals surface area (Å²) in [6.07, 6.45) is 1.82. The molecule has 0 unspecified atom stereocenters. The van der Waals surface area contributed by atoms with Gasteiger partial charge in [0.05, 0.1) is 10.4 Å². The Hall–Kier alpha value is -1.10. The first kappa shape index (κ1) is 14.3. The predicted octanol–water partition coefficient (Wildman–Crippen LogP) is 3.87. The van der Waals surface area contributed by atoms with Gasteiger partial charge in [-0.05, 0) is 12.1 Å². The number of nitrogens with zero attached hydrogens (tertiary/aromatic N) is 1. The molecule has 2 rings (SSSR count). The smallest absolute Gasteiger partial charge is 0.125 e. The summed E-state index contributed by atoms with van der Waals surface area (Å²) in [5.41, 5.74) is 2.81. The number of hydrogen-bond donors (Lipinski definition) is 1. The summed E-state index contributed by atoms with van der Waals surface area (Å²) < 4.78 is 5.84. The first-order valence-corrected chi connectivity index (χ1v) is 7.43. The van der Waals surface area contributed by atoms with Crippen LogP contribution in [-0.2, 0) is 13.2 Å². The topological polar surface area (TPSA) is 34.1 Å². The van der Waals surface area contributed by atoms with E-state index in [-0.39, 0.29) is 0 Å². The van der Waals surface area contributed by atoms with E-state index < -0.39 is 0 Å². The Morgan fingerprint density at radius 1 is 1.42 bits per heavy atom. The van der Waals surface area contributed by atoms with Crippen LogP contribution >= 0.6 is 22.9 Å². The zero-order valence-electron chi connectivity index (χ0n) is 11.0. The Balaban J connectivity index is 2.08. The van der Waals surface area contributed by atoms with Crippen molar-refractivity contribution in [2.24, 2.45) is 0 Å². The molecule has 0 aliphatic rings. The fourth-order valence-corrected chi connectivity index (χ4v) is 2.35. The highest BCUT2D eigenvalue weighted by Gasteiger charge is 2.09. The molecule has 19 heavy (non-hydrogen) atoms. The van der Waals surface area contributed by atoms with Gasteiger partial charge in [0.15, 0.2) is 0 Å². The van der Waals surface area contributed by atoms with Crippen LogP contribution in [0.3, 0.4) is 0 Å². The van der Waals surface area contributed by atoms with Gasteiger partial charge < -0.3 is 10.1 Å². The second-order valence-corrected chi connectivity index (χ2v) is 5.89. The fraction of sp³-hybridized carbons (Fsp3) is 0.357. The maximum atomic E-state index is 6.24. The summed E-state index contributed by atoms with van der Waals surface area (Å²) in [5.74, 6) is 0.828. The number of benzene rings is 1. The minimum Gasteiger partial charge on any atom is -0.488 e. The highest BCUT2D eigenvalue weighted by atomic mass is 35.5. The van der Waals surface area contributed by atoms with Gasteiger partial charge in [0.25, 0.3) is 0 Å². The summed E-state index contributed by atoms with van der Waals surface area (Å²) >= 11 is 7.83. The van der Waals surface area contributed by atoms with E-state index in [2.05, 4.69) is 24.1 Å². The Bertz CT molecular complexity index is 514. The molecule has 3 nitrogen and oxygen atoms in total. The van der Waals surface area contributed by atoms with E-state index in [1.807, 2.05) is 24.4 Å². The largest absolute Gasteiger partial charge is 0.488 e. The number of halogens is 1. The Kier molecular flexibility index (Phi) is 5.19. The molecule has 0 aliphatic carbocycles. The predicted molar refractivity (Wildman–Crippen MR) is 79.9 cm³/mol. The second-order valence-electron chi connectivity index (χ2n) is 4.51. The van der Waals surface area contributed by atoms with Crippen LogP contribution in [0.5, 0.6) is 5.75 Å². The van der Waals surface area contributed by atoms with Gasteiger partial charge in [-0.3, -0.25) is 4.98 Å². The van der Waals surface area contributed by atoms with E-state index in [4.69, 9.17) is 16.3 Å². The number of aromatic nitrogens is 1. The maximum Gasteiger partial charge on any atom is 0.125 e. The lowest BCUT2D eigenvalue weighted by Gasteiger charge is -2.14. The molecule has 2 aromatic rings. The molecule has 0 spiro atoms. The van der Waals surface area contributed by atoms with Crippen LogP contribution in [-0.4, -0.2) is 11.0 Å². The normalized spacial score (nSPS) is 10.9. The number of nitrogens with one attached hydrogen (secondary N) is 1. The van der Waals surface area contributed by atoms with Crippen LogP contribution in [0.25, 0.3) is 0 Å². The van der Waals surface area contributed by atoms with E-state index in [9.17, 15) is 0 Å². The highest BCUT2D eigenvalue weighted by Crippen LogP contribution is 2.27. The van der Waals surface area contributed by atoms with Crippen molar-refractivity contribution < 1.29 is 4.74 Å². The monoisotopic (exact) mass is 296 g/mol. The van der Waals surface area contributed by atoms with Crippen molar-refractivity contribution in [3.63, 3.8) is 0 Å². The molecular formula is C14H17ClN2OS. The van der Waals surface area contributed by atoms with E-state index in [1.165, 1.54) is 0 Å². The van der Waals surface area contributed by atoms with Gasteiger partial charge in [-0.25, -0.2) is 0 Å².